The molecule has 0 saturated heterocycles. The molecule has 0 saturated carbocycles. The number of rotatable bonds is 2. The molecular weight excluding hydrogens is 198 g/mol. The van der Waals surface area contributed by atoms with E-state index in [2.05, 4.69) is 39.0 Å². The van der Waals surface area contributed by atoms with Gasteiger partial charge in [-0.1, -0.05) is 39.0 Å². The minimum Gasteiger partial charge on any atom is -0.493 e. The van der Waals surface area contributed by atoms with Gasteiger partial charge in [0.05, 0.1) is 6.61 Å². The third-order valence-corrected chi connectivity index (χ3v) is 3.73. The van der Waals surface area contributed by atoms with Crippen LogP contribution in [0, 0.1) is 0 Å². The predicted octanol–water partition coefficient (Wildman–Crippen LogP) is 3.16. The molecule has 0 aliphatic carbocycles. The quantitative estimate of drug-likeness (QED) is 0.829. The molecule has 0 fully saturated rings. The summed E-state index contributed by atoms with van der Waals surface area (Å²) in [5.74, 6) is 1.04. The smallest absolute Gasteiger partial charge is 0.127 e. The van der Waals surface area contributed by atoms with Crippen molar-refractivity contribution in [3.8, 4) is 5.75 Å². The van der Waals surface area contributed by atoms with Crippen molar-refractivity contribution >= 4 is 0 Å². The first-order chi connectivity index (χ1) is 7.56. The summed E-state index contributed by atoms with van der Waals surface area (Å²) in [6.07, 6.45) is 2.02. The Labute approximate surface area is 97.8 Å². The fourth-order valence-electron chi connectivity index (χ4n) is 2.17. The maximum absolute atomic E-state index is 6.12. The molecule has 1 aromatic rings. The SMILES string of the molecule is CCC(C)(C)c1cccc2c1OCC[C@@H]2N. The normalized spacial score (nSPS) is 20.1. The van der Waals surface area contributed by atoms with Crippen molar-refractivity contribution in [2.45, 2.75) is 45.1 Å². The molecule has 1 aromatic carbocycles. The Balaban J connectivity index is 2.52. The van der Waals surface area contributed by atoms with E-state index in [-0.39, 0.29) is 11.5 Å². The molecule has 1 heterocycles. The molecule has 88 valence electrons. The molecule has 1 aliphatic rings. The van der Waals surface area contributed by atoms with Gasteiger partial charge >= 0.3 is 0 Å². The molecule has 1 aliphatic heterocycles. The van der Waals surface area contributed by atoms with Crippen LogP contribution in [0.1, 0.15) is 50.8 Å². The Morgan fingerprint density at radius 1 is 1.44 bits per heavy atom. The zero-order valence-electron chi connectivity index (χ0n) is 10.4. The van der Waals surface area contributed by atoms with Gasteiger partial charge in [-0.05, 0) is 11.8 Å². The molecule has 2 rings (SSSR count). The summed E-state index contributed by atoms with van der Waals surface area (Å²) in [7, 11) is 0. The minimum absolute atomic E-state index is 0.136. The highest BCUT2D eigenvalue weighted by Gasteiger charge is 2.27. The Morgan fingerprint density at radius 2 is 2.19 bits per heavy atom. The van der Waals surface area contributed by atoms with Crippen LogP contribution in [0.4, 0.5) is 0 Å². The summed E-state index contributed by atoms with van der Waals surface area (Å²) < 4.78 is 5.83. The highest BCUT2D eigenvalue weighted by molar-refractivity contribution is 5.47. The number of benzene rings is 1. The Bertz CT molecular complexity index is 384. The highest BCUT2D eigenvalue weighted by Crippen LogP contribution is 2.40. The van der Waals surface area contributed by atoms with E-state index in [1.807, 2.05) is 0 Å². The van der Waals surface area contributed by atoms with Crippen LogP contribution < -0.4 is 10.5 Å². The second-order valence-electron chi connectivity index (χ2n) is 5.20. The van der Waals surface area contributed by atoms with E-state index in [1.54, 1.807) is 0 Å². The largest absolute Gasteiger partial charge is 0.493 e. The molecule has 0 radical (unpaired) electrons. The molecule has 0 unspecified atom stereocenters. The first kappa shape index (κ1) is 11.5. The van der Waals surface area contributed by atoms with E-state index in [0.717, 1.165) is 25.2 Å². The average molecular weight is 219 g/mol. The number of hydrogen-bond acceptors (Lipinski definition) is 2. The van der Waals surface area contributed by atoms with Gasteiger partial charge in [0, 0.05) is 23.6 Å². The van der Waals surface area contributed by atoms with Crippen LogP contribution >= 0.6 is 0 Å². The van der Waals surface area contributed by atoms with Crippen LogP contribution in [0.3, 0.4) is 0 Å². The van der Waals surface area contributed by atoms with E-state index >= 15 is 0 Å². The molecule has 2 nitrogen and oxygen atoms in total. The molecule has 2 N–H and O–H groups in total. The molecule has 0 bridgehead atoms. The second-order valence-corrected chi connectivity index (χ2v) is 5.20. The summed E-state index contributed by atoms with van der Waals surface area (Å²) in [5.41, 5.74) is 8.74. The van der Waals surface area contributed by atoms with E-state index in [4.69, 9.17) is 10.5 Å². The number of hydrogen-bond donors (Lipinski definition) is 1. The Hall–Kier alpha value is -1.02. The number of ether oxygens (including phenoxy) is 1. The van der Waals surface area contributed by atoms with Gasteiger partial charge in [-0.3, -0.25) is 0 Å². The minimum atomic E-state index is 0.136. The van der Waals surface area contributed by atoms with Gasteiger partial charge in [0.15, 0.2) is 0 Å². The first-order valence-electron chi connectivity index (χ1n) is 6.08. The van der Waals surface area contributed by atoms with Crippen molar-refractivity contribution in [2.75, 3.05) is 6.61 Å². The van der Waals surface area contributed by atoms with E-state index < -0.39 is 0 Å². The summed E-state index contributed by atoms with van der Waals surface area (Å²) in [4.78, 5) is 0. The molecule has 1 atom stereocenters. The lowest BCUT2D eigenvalue weighted by Crippen LogP contribution is -2.25. The Kier molecular flexibility index (Phi) is 2.94. The van der Waals surface area contributed by atoms with Crippen LogP contribution in [0.5, 0.6) is 5.75 Å². The first-order valence-corrected chi connectivity index (χ1v) is 6.08. The number of fused-ring (bicyclic) bond motifs is 1. The van der Waals surface area contributed by atoms with Crippen molar-refractivity contribution < 1.29 is 4.74 Å². The lowest BCUT2D eigenvalue weighted by molar-refractivity contribution is 0.260. The number of para-hydroxylation sites is 1. The zero-order valence-corrected chi connectivity index (χ0v) is 10.4. The van der Waals surface area contributed by atoms with E-state index in [0.29, 0.717) is 0 Å². The standard InChI is InChI=1S/C14H21NO/c1-4-14(2,3)11-7-5-6-10-12(15)8-9-16-13(10)11/h5-7,12H,4,8-9,15H2,1-3H3/t12-/m0/s1. The van der Waals surface area contributed by atoms with E-state index in [9.17, 15) is 0 Å². The predicted molar refractivity (Wildman–Crippen MR) is 66.8 cm³/mol. The topological polar surface area (TPSA) is 35.2 Å². The van der Waals surface area contributed by atoms with Crippen molar-refractivity contribution in [3.05, 3.63) is 29.3 Å². The lowest BCUT2D eigenvalue weighted by Gasteiger charge is -2.31. The third-order valence-electron chi connectivity index (χ3n) is 3.73. The fraction of sp³-hybridized carbons (Fsp3) is 0.571. The van der Waals surface area contributed by atoms with E-state index in [1.165, 1.54) is 11.1 Å². The second kappa shape index (κ2) is 4.10. The average Bonchev–Trinajstić information content (AvgIpc) is 2.29. The molecular formula is C14H21NO. The fourth-order valence-corrected chi connectivity index (χ4v) is 2.17. The molecule has 0 spiro atoms. The van der Waals surface area contributed by atoms with Crippen LogP contribution in [0.2, 0.25) is 0 Å². The molecule has 16 heavy (non-hydrogen) atoms. The zero-order chi connectivity index (χ0) is 11.8. The molecule has 0 amide bonds. The van der Waals surface area contributed by atoms with Gasteiger partial charge in [0.1, 0.15) is 5.75 Å². The lowest BCUT2D eigenvalue weighted by atomic mass is 9.80. The van der Waals surface area contributed by atoms with Crippen LogP contribution in [0.25, 0.3) is 0 Å². The molecule has 0 aromatic heterocycles. The van der Waals surface area contributed by atoms with Gasteiger partial charge in [0.2, 0.25) is 0 Å². The van der Waals surface area contributed by atoms with Gasteiger partial charge < -0.3 is 10.5 Å². The monoisotopic (exact) mass is 219 g/mol. The van der Waals surface area contributed by atoms with Gasteiger partial charge in [-0.15, -0.1) is 0 Å². The molecule has 2 heteroatoms. The van der Waals surface area contributed by atoms with Crippen molar-refractivity contribution in [2.24, 2.45) is 5.73 Å². The summed E-state index contributed by atoms with van der Waals surface area (Å²) in [6, 6.07) is 6.49. The summed E-state index contributed by atoms with van der Waals surface area (Å²) in [5, 5.41) is 0. The summed E-state index contributed by atoms with van der Waals surface area (Å²) in [6.45, 7) is 7.46. The summed E-state index contributed by atoms with van der Waals surface area (Å²) >= 11 is 0. The van der Waals surface area contributed by atoms with Crippen LogP contribution in [-0.4, -0.2) is 6.61 Å². The van der Waals surface area contributed by atoms with Crippen molar-refractivity contribution in [1.82, 2.24) is 0 Å². The maximum Gasteiger partial charge on any atom is 0.127 e. The van der Waals surface area contributed by atoms with Gasteiger partial charge in [0.25, 0.3) is 0 Å². The van der Waals surface area contributed by atoms with Crippen LogP contribution in [0.15, 0.2) is 18.2 Å². The van der Waals surface area contributed by atoms with Gasteiger partial charge in [-0.25, -0.2) is 0 Å². The van der Waals surface area contributed by atoms with Crippen LogP contribution in [-0.2, 0) is 5.41 Å². The van der Waals surface area contributed by atoms with Gasteiger partial charge in [-0.2, -0.15) is 0 Å². The number of nitrogens with two attached hydrogens (primary N) is 1. The third kappa shape index (κ3) is 1.82. The Morgan fingerprint density at radius 3 is 2.88 bits per heavy atom. The maximum atomic E-state index is 6.12. The van der Waals surface area contributed by atoms with Crippen molar-refractivity contribution in [3.63, 3.8) is 0 Å². The highest BCUT2D eigenvalue weighted by atomic mass is 16.5. The van der Waals surface area contributed by atoms with Crippen molar-refractivity contribution in [1.29, 1.82) is 0 Å².